The number of carbonyl (C=O) groups excluding carboxylic acids is 1. The molecule has 1 saturated heterocycles. The largest absolute Gasteiger partial charge is 0.352 e. The molecule has 234 valence electrons. The normalized spacial score (nSPS) is 24.4. The molecule has 1 unspecified atom stereocenters. The third kappa shape index (κ3) is 7.10. The Bertz CT molecular complexity index is 1390. The van der Waals surface area contributed by atoms with E-state index in [2.05, 4.69) is 122 Å². The second-order valence-corrected chi connectivity index (χ2v) is 14.2. The molecule has 6 nitrogen and oxygen atoms in total. The van der Waals surface area contributed by atoms with Gasteiger partial charge in [0, 0.05) is 38.8 Å². The quantitative estimate of drug-likeness (QED) is 0.264. The number of likely N-dealkylation sites (N-methyl/N-ethyl adjacent to an activating group) is 1. The number of nitrogens with one attached hydrogen (secondary N) is 1. The summed E-state index contributed by atoms with van der Waals surface area (Å²) in [6.07, 6.45) is 4.31. The standard InChI is InChI=1S/C38H50N4O2/c1-38(2)32-22-33(38)24-34(23-32)39-37(43)36-17-20-44-42(36)26-29-12-10-11-28(21-29)25-41(19-18-40(3)4)27-31-15-8-9-16-35(31)30-13-6-5-7-14-30/h5-16,21,32-34,36H,17-20,22-27H2,1-4H3,(H,39,43)/t32-,33+,34?,36-/m0/s1. The summed E-state index contributed by atoms with van der Waals surface area (Å²) >= 11 is 0. The third-order valence-electron chi connectivity index (χ3n) is 10.6. The van der Waals surface area contributed by atoms with Gasteiger partial charge in [-0.25, -0.2) is 0 Å². The van der Waals surface area contributed by atoms with Gasteiger partial charge in [-0.05, 0) is 84.8 Å². The van der Waals surface area contributed by atoms with Gasteiger partial charge in [0.25, 0.3) is 0 Å². The first-order valence-corrected chi connectivity index (χ1v) is 16.5. The molecule has 1 aliphatic heterocycles. The Morgan fingerprint density at radius 1 is 0.886 bits per heavy atom. The molecule has 44 heavy (non-hydrogen) atoms. The number of fused-ring (bicyclic) bond motifs is 2. The van der Waals surface area contributed by atoms with E-state index in [-0.39, 0.29) is 11.9 Å². The molecule has 1 heterocycles. The van der Waals surface area contributed by atoms with Crippen molar-refractivity contribution in [1.29, 1.82) is 0 Å². The first-order valence-electron chi connectivity index (χ1n) is 16.5. The van der Waals surface area contributed by atoms with E-state index in [0.29, 0.717) is 24.6 Å². The second-order valence-electron chi connectivity index (χ2n) is 14.2. The number of hydrogen-bond acceptors (Lipinski definition) is 5. The molecule has 6 heteroatoms. The van der Waals surface area contributed by atoms with Crippen LogP contribution in [0.15, 0.2) is 78.9 Å². The van der Waals surface area contributed by atoms with Gasteiger partial charge < -0.3 is 10.2 Å². The highest BCUT2D eigenvalue weighted by molar-refractivity contribution is 5.82. The van der Waals surface area contributed by atoms with Gasteiger partial charge in [-0.3, -0.25) is 14.5 Å². The van der Waals surface area contributed by atoms with Crippen LogP contribution in [0.25, 0.3) is 11.1 Å². The van der Waals surface area contributed by atoms with Gasteiger partial charge in [0.15, 0.2) is 0 Å². The summed E-state index contributed by atoms with van der Waals surface area (Å²) in [6, 6.07) is 28.3. The topological polar surface area (TPSA) is 48.1 Å². The molecule has 3 saturated carbocycles. The van der Waals surface area contributed by atoms with E-state index >= 15 is 0 Å². The Balaban J connectivity index is 1.10. The van der Waals surface area contributed by atoms with Crippen molar-refractivity contribution in [3.05, 3.63) is 95.6 Å². The van der Waals surface area contributed by atoms with E-state index in [4.69, 9.17) is 4.84 Å². The van der Waals surface area contributed by atoms with Crippen LogP contribution in [-0.4, -0.2) is 66.6 Å². The smallest absolute Gasteiger partial charge is 0.240 e. The van der Waals surface area contributed by atoms with Gasteiger partial charge in [0.2, 0.25) is 5.91 Å². The minimum Gasteiger partial charge on any atom is -0.352 e. The lowest BCUT2D eigenvalue weighted by atomic mass is 9.48. The number of hydroxylamine groups is 2. The second kappa shape index (κ2) is 13.5. The molecule has 1 amide bonds. The summed E-state index contributed by atoms with van der Waals surface area (Å²) in [4.78, 5) is 24.2. The molecule has 1 N–H and O–H groups in total. The van der Waals surface area contributed by atoms with E-state index in [1.807, 2.05) is 5.06 Å². The number of carbonyl (C=O) groups is 1. The average molecular weight is 595 g/mol. The Labute approximate surface area is 264 Å². The molecule has 0 aromatic heterocycles. The van der Waals surface area contributed by atoms with Crippen molar-refractivity contribution < 1.29 is 9.63 Å². The fourth-order valence-corrected chi connectivity index (χ4v) is 7.67. The van der Waals surface area contributed by atoms with Crippen LogP contribution in [-0.2, 0) is 29.3 Å². The number of rotatable bonds is 12. The van der Waals surface area contributed by atoms with Crippen LogP contribution >= 0.6 is 0 Å². The monoisotopic (exact) mass is 594 g/mol. The molecular formula is C38H50N4O2. The molecule has 4 atom stereocenters. The van der Waals surface area contributed by atoms with Gasteiger partial charge in [-0.15, -0.1) is 0 Å². The minimum atomic E-state index is -0.226. The fraction of sp³-hybridized carbons (Fsp3) is 0.500. The predicted octanol–water partition coefficient (Wildman–Crippen LogP) is 6.36. The van der Waals surface area contributed by atoms with Crippen LogP contribution in [0.4, 0.5) is 0 Å². The minimum absolute atomic E-state index is 0.134. The molecule has 7 rings (SSSR count). The van der Waals surface area contributed by atoms with Gasteiger partial charge in [-0.1, -0.05) is 92.7 Å². The molecule has 4 aliphatic rings. The Kier molecular flexibility index (Phi) is 9.53. The number of hydrogen-bond donors (Lipinski definition) is 1. The summed E-state index contributed by atoms with van der Waals surface area (Å²) < 4.78 is 0. The fourth-order valence-electron chi connectivity index (χ4n) is 7.67. The average Bonchev–Trinajstić information content (AvgIpc) is 3.49. The zero-order chi connectivity index (χ0) is 30.7. The summed E-state index contributed by atoms with van der Waals surface area (Å²) in [7, 11) is 4.27. The molecule has 3 aliphatic carbocycles. The van der Waals surface area contributed by atoms with Crippen LogP contribution in [0.2, 0.25) is 0 Å². The molecule has 0 spiro atoms. The van der Waals surface area contributed by atoms with E-state index in [9.17, 15) is 4.79 Å². The van der Waals surface area contributed by atoms with E-state index in [1.165, 1.54) is 34.2 Å². The molecule has 0 radical (unpaired) electrons. The van der Waals surface area contributed by atoms with Crippen LogP contribution in [0, 0.1) is 17.3 Å². The van der Waals surface area contributed by atoms with Gasteiger partial charge in [0.1, 0.15) is 6.04 Å². The predicted molar refractivity (Wildman–Crippen MR) is 177 cm³/mol. The maximum absolute atomic E-state index is 13.4. The van der Waals surface area contributed by atoms with Crippen molar-refractivity contribution in [2.45, 2.75) is 71.2 Å². The van der Waals surface area contributed by atoms with Crippen molar-refractivity contribution >= 4 is 5.91 Å². The number of nitrogens with zero attached hydrogens (tertiary/aromatic N) is 3. The van der Waals surface area contributed by atoms with Crippen LogP contribution in [0.1, 0.15) is 56.2 Å². The zero-order valence-electron chi connectivity index (χ0n) is 27.0. The molecule has 3 aromatic rings. The summed E-state index contributed by atoms with van der Waals surface area (Å²) in [5, 5.41) is 5.32. The van der Waals surface area contributed by atoms with Crippen molar-refractivity contribution in [2.75, 3.05) is 33.8 Å². The van der Waals surface area contributed by atoms with Crippen LogP contribution in [0.3, 0.4) is 0 Å². The number of benzene rings is 3. The molecule has 2 bridgehead atoms. The third-order valence-corrected chi connectivity index (χ3v) is 10.6. The lowest BCUT2D eigenvalue weighted by molar-refractivity contribution is -0.159. The Hall–Kier alpha value is -3.03. The van der Waals surface area contributed by atoms with E-state index < -0.39 is 0 Å². The SMILES string of the molecule is CN(C)CCN(Cc1cccc(CN2OCC[C@H]2C(=O)NC2C[C@@H]3C[C@H](C2)C3(C)C)c1)Cc1ccccc1-c1ccccc1. The van der Waals surface area contributed by atoms with Crippen LogP contribution < -0.4 is 5.32 Å². The lowest BCUT2D eigenvalue weighted by Gasteiger charge is -2.59. The van der Waals surface area contributed by atoms with Crippen molar-refractivity contribution in [3.63, 3.8) is 0 Å². The summed E-state index contributed by atoms with van der Waals surface area (Å²) in [5.41, 5.74) is 6.80. The highest BCUT2D eigenvalue weighted by Crippen LogP contribution is 2.59. The molecular weight excluding hydrogens is 544 g/mol. The van der Waals surface area contributed by atoms with Gasteiger partial charge in [0.05, 0.1) is 6.61 Å². The Morgan fingerprint density at radius 3 is 2.36 bits per heavy atom. The lowest BCUT2D eigenvalue weighted by Crippen LogP contribution is -2.57. The first kappa shape index (κ1) is 31.0. The highest BCUT2D eigenvalue weighted by atomic mass is 16.7. The first-order chi connectivity index (χ1) is 21.3. The van der Waals surface area contributed by atoms with Crippen molar-refractivity contribution in [1.82, 2.24) is 20.2 Å². The van der Waals surface area contributed by atoms with E-state index in [1.54, 1.807) is 0 Å². The van der Waals surface area contributed by atoms with Gasteiger partial charge in [-0.2, -0.15) is 5.06 Å². The van der Waals surface area contributed by atoms with Crippen LogP contribution in [0.5, 0.6) is 0 Å². The van der Waals surface area contributed by atoms with Crippen molar-refractivity contribution in [2.24, 2.45) is 17.3 Å². The molecule has 3 aromatic carbocycles. The molecule has 4 fully saturated rings. The zero-order valence-corrected chi connectivity index (χ0v) is 27.0. The van der Waals surface area contributed by atoms with Crippen molar-refractivity contribution in [3.8, 4) is 11.1 Å². The van der Waals surface area contributed by atoms with Gasteiger partial charge >= 0.3 is 0 Å². The Morgan fingerprint density at radius 2 is 1.61 bits per heavy atom. The summed E-state index contributed by atoms with van der Waals surface area (Å²) in [6.45, 7) is 9.70. The summed E-state index contributed by atoms with van der Waals surface area (Å²) in [5.74, 6) is 1.62. The van der Waals surface area contributed by atoms with E-state index in [0.717, 1.165) is 57.3 Å². The number of amides is 1. The highest BCUT2D eigenvalue weighted by Gasteiger charge is 2.53. The maximum Gasteiger partial charge on any atom is 0.240 e. The maximum atomic E-state index is 13.4.